The number of carbonyl (C=O) groups is 1. The van der Waals surface area contributed by atoms with Crippen LogP contribution in [0.2, 0.25) is 4.34 Å². The molecule has 3 aromatic heterocycles. The Hall–Kier alpha value is -1.90. The Balaban J connectivity index is 1.88. The van der Waals surface area contributed by atoms with Gasteiger partial charge in [0.2, 0.25) is 0 Å². The zero-order valence-electron chi connectivity index (χ0n) is 10.4. The largest absolute Gasteiger partial charge is 0.306 e. The average molecular weight is 342 g/mol. The van der Waals surface area contributed by atoms with E-state index in [1.54, 1.807) is 29.2 Å². The van der Waals surface area contributed by atoms with Gasteiger partial charge in [-0.2, -0.15) is 0 Å². The van der Waals surface area contributed by atoms with Gasteiger partial charge >= 0.3 is 0 Å². The molecule has 0 saturated carbocycles. The van der Waals surface area contributed by atoms with Crippen LogP contribution in [-0.2, 0) is 10.0 Å². The highest BCUT2D eigenvalue weighted by atomic mass is 35.5. The third kappa shape index (κ3) is 2.78. The summed E-state index contributed by atoms with van der Waals surface area (Å²) in [5.41, 5.74) is 0.924. The van der Waals surface area contributed by atoms with Crippen LogP contribution in [0.3, 0.4) is 0 Å². The SMILES string of the molecule is O=C(NS(=O)(=O)c1ccc(Cl)s1)c1ccn2cncc2c1. The summed E-state index contributed by atoms with van der Waals surface area (Å²) in [5.74, 6) is -0.705. The van der Waals surface area contributed by atoms with Crippen molar-refractivity contribution >= 4 is 44.4 Å². The Morgan fingerprint density at radius 3 is 2.86 bits per heavy atom. The van der Waals surface area contributed by atoms with Crippen LogP contribution in [0.4, 0.5) is 0 Å². The van der Waals surface area contributed by atoms with E-state index in [0.29, 0.717) is 9.85 Å². The topological polar surface area (TPSA) is 80.5 Å². The molecule has 108 valence electrons. The standard InChI is InChI=1S/C12H8ClN3O3S2/c13-10-1-2-11(20-10)21(18,19)15-12(17)8-3-4-16-7-14-6-9(16)5-8/h1-7H,(H,15,17). The number of pyridine rings is 1. The summed E-state index contributed by atoms with van der Waals surface area (Å²) in [6, 6.07) is 5.88. The van der Waals surface area contributed by atoms with Gasteiger partial charge in [0, 0.05) is 11.8 Å². The number of nitrogens with one attached hydrogen (secondary N) is 1. The fourth-order valence-electron chi connectivity index (χ4n) is 1.73. The van der Waals surface area contributed by atoms with E-state index in [0.717, 1.165) is 11.3 Å². The van der Waals surface area contributed by atoms with Crippen molar-refractivity contribution in [1.29, 1.82) is 0 Å². The van der Waals surface area contributed by atoms with Gasteiger partial charge in [-0.1, -0.05) is 11.6 Å². The number of halogens is 1. The molecule has 3 heterocycles. The first-order valence-corrected chi connectivity index (χ1v) is 8.38. The highest BCUT2D eigenvalue weighted by molar-refractivity contribution is 7.92. The Bertz CT molecular complexity index is 930. The molecule has 6 nitrogen and oxygen atoms in total. The predicted molar refractivity (Wildman–Crippen MR) is 79.2 cm³/mol. The lowest BCUT2D eigenvalue weighted by Crippen LogP contribution is -2.30. The van der Waals surface area contributed by atoms with Gasteiger partial charge in [-0.15, -0.1) is 11.3 Å². The molecule has 0 spiro atoms. The summed E-state index contributed by atoms with van der Waals surface area (Å²) in [5, 5.41) is 0. The molecule has 1 N–H and O–H groups in total. The van der Waals surface area contributed by atoms with Crippen LogP contribution in [0.15, 0.2) is 47.2 Å². The van der Waals surface area contributed by atoms with Crippen LogP contribution in [0.1, 0.15) is 10.4 Å². The normalized spacial score (nSPS) is 11.7. The second-order valence-corrected chi connectivity index (χ2v) is 7.76. The molecule has 0 bridgehead atoms. The Morgan fingerprint density at radius 1 is 1.33 bits per heavy atom. The third-order valence-electron chi connectivity index (χ3n) is 2.72. The summed E-state index contributed by atoms with van der Waals surface area (Å²) in [6.45, 7) is 0. The number of fused-ring (bicyclic) bond motifs is 1. The first kappa shape index (κ1) is 14.1. The zero-order chi connectivity index (χ0) is 15.0. The predicted octanol–water partition coefficient (Wildman–Crippen LogP) is 2.17. The molecule has 0 aromatic carbocycles. The summed E-state index contributed by atoms with van der Waals surface area (Å²) < 4.78 is 28.1. The number of carbonyl (C=O) groups excluding carboxylic acids is 1. The quantitative estimate of drug-likeness (QED) is 0.791. The van der Waals surface area contributed by atoms with Crippen LogP contribution < -0.4 is 4.72 Å². The maximum atomic E-state index is 12.1. The minimum atomic E-state index is -3.91. The first-order valence-electron chi connectivity index (χ1n) is 5.70. The summed E-state index contributed by atoms with van der Waals surface area (Å²) >= 11 is 6.59. The maximum Gasteiger partial charge on any atom is 0.273 e. The van der Waals surface area contributed by atoms with E-state index in [2.05, 4.69) is 4.98 Å². The second-order valence-electron chi connectivity index (χ2n) is 4.13. The molecule has 0 radical (unpaired) electrons. The van der Waals surface area contributed by atoms with E-state index in [1.165, 1.54) is 18.2 Å². The van der Waals surface area contributed by atoms with Crippen molar-refractivity contribution in [3.63, 3.8) is 0 Å². The monoisotopic (exact) mass is 341 g/mol. The lowest BCUT2D eigenvalue weighted by molar-refractivity contribution is 0.0981. The maximum absolute atomic E-state index is 12.1. The smallest absolute Gasteiger partial charge is 0.273 e. The molecule has 0 atom stereocenters. The van der Waals surface area contributed by atoms with Gasteiger partial charge in [0.15, 0.2) is 0 Å². The molecule has 1 amide bonds. The highest BCUT2D eigenvalue weighted by Crippen LogP contribution is 2.25. The number of nitrogens with zero attached hydrogens (tertiary/aromatic N) is 2. The molecule has 0 saturated heterocycles. The van der Waals surface area contributed by atoms with Crippen LogP contribution in [0, 0.1) is 0 Å². The van der Waals surface area contributed by atoms with Gasteiger partial charge in [-0.3, -0.25) is 4.79 Å². The highest BCUT2D eigenvalue weighted by Gasteiger charge is 2.20. The van der Waals surface area contributed by atoms with Crippen molar-refractivity contribution in [3.05, 3.63) is 52.9 Å². The minimum Gasteiger partial charge on any atom is -0.306 e. The molecular formula is C12H8ClN3O3S2. The van der Waals surface area contributed by atoms with Crippen molar-refractivity contribution in [3.8, 4) is 0 Å². The van der Waals surface area contributed by atoms with E-state index in [4.69, 9.17) is 11.6 Å². The Kier molecular flexibility index (Phi) is 3.44. The van der Waals surface area contributed by atoms with E-state index in [9.17, 15) is 13.2 Å². The van der Waals surface area contributed by atoms with Gasteiger partial charge in [0.1, 0.15) is 4.21 Å². The van der Waals surface area contributed by atoms with E-state index in [1.807, 2.05) is 4.72 Å². The summed E-state index contributed by atoms with van der Waals surface area (Å²) in [7, 11) is -3.91. The van der Waals surface area contributed by atoms with E-state index < -0.39 is 15.9 Å². The fourth-order valence-corrected chi connectivity index (χ4v) is 4.19. The first-order chi connectivity index (χ1) is 9.95. The number of thiophene rings is 1. The number of aromatic nitrogens is 2. The van der Waals surface area contributed by atoms with Crippen molar-refractivity contribution < 1.29 is 13.2 Å². The average Bonchev–Trinajstić information content (AvgIpc) is 3.05. The van der Waals surface area contributed by atoms with Crippen molar-refractivity contribution in [2.24, 2.45) is 0 Å². The molecule has 0 aliphatic rings. The number of hydrogen-bond donors (Lipinski definition) is 1. The third-order valence-corrected chi connectivity index (χ3v) is 5.77. The van der Waals surface area contributed by atoms with E-state index >= 15 is 0 Å². The molecule has 3 rings (SSSR count). The lowest BCUT2D eigenvalue weighted by Gasteiger charge is -2.05. The fraction of sp³-hybridized carbons (Fsp3) is 0. The van der Waals surface area contributed by atoms with Crippen molar-refractivity contribution in [2.45, 2.75) is 4.21 Å². The Morgan fingerprint density at radius 2 is 2.14 bits per heavy atom. The molecular weight excluding hydrogens is 334 g/mol. The number of imidazole rings is 1. The molecule has 0 aliphatic carbocycles. The van der Waals surface area contributed by atoms with E-state index in [-0.39, 0.29) is 9.77 Å². The van der Waals surface area contributed by atoms with Gasteiger partial charge < -0.3 is 4.40 Å². The number of hydrogen-bond acceptors (Lipinski definition) is 5. The molecule has 0 aliphatic heterocycles. The van der Waals surface area contributed by atoms with Gasteiger partial charge in [-0.05, 0) is 24.3 Å². The minimum absolute atomic E-state index is 0.00807. The van der Waals surface area contributed by atoms with Crippen LogP contribution in [0.5, 0.6) is 0 Å². The molecule has 9 heteroatoms. The van der Waals surface area contributed by atoms with Crippen molar-refractivity contribution in [1.82, 2.24) is 14.1 Å². The van der Waals surface area contributed by atoms with Crippen LogP contribution in [-0.4, -0.2) is 23.7 Å². The van der Waals surface area contributed by atoms with Crippen molar-refractivity contribution in [2.75, 3.05) is 0 Å². The number of sulfonamides is 1. The van der Waals surface area contributed by atoms with Gasteiger partial charge in [0.25, 0.3) is 15.9 Å². The van der Waals surface area contributed by atoms with Gasteiger partial charge in [-0.25, -0.2) is 18.1 Å². The summed E-state index contributed by atoms with van der Waals surface area (Å²) in [6.07, 6.45) is 4.79. The molecule has 0 fully saturated rings. The molecule has 21 heavy (non-hydrogen) atoms. The molecule has 0 unspecified atom stereocenters. The molecule has 3 aromatic rings. The van der Waals surface area contributed by atoms with Crippen LogP contribution in [0.25, 0.3) is 5.52 Å². The van der Waals surface area contributed by atoms with Crippen LogP contribution >= 0.6 is 22.9 Å². The zero-order valence-corrected chi connectivity index (χ0v) is 12.7. The number of amides is 1. The summed E-state index contributed by atoms with van der Waals surface area (Å²) in [4.78, 5) is 16.0. The number of rotatable bonds is 3. The van der Waals surface area contributed by atoms with Gasteiger partial charge in [0.05, 0.1) is 22.4 Å². The lowest BCUT2D eigenvalue weighted by atomic mass is 10.2. The second kappa shape index (κ2) is 5.14. The Labute approximate surface area is 129 Å².